The second kappa shape index (κ2) is 7.91. The molecule has 1 unspecified atom stereocenters. The van der Waals surface area contributed by atoms with Gasteiger partial charge in [-0.15, -0.1) is 5.10 Å². The molecule has 0 aliphatic carbocycles. The van der Waals surface area contributed by atoms with Gasteiger partial charge in [-0.05, 0) is 27.2 Å². The molecule has 2 aromatic heterocycles. The number of anilines is 1. The van der Waals surface area contributed by atoms with Crippen molar-refractivity contribution in [3.63, 3.8) is 0 Å². The van der Waals surface area contributed by atoms with Crippen molar-refractivity contribution < 1.29 is 9.59 Å². The van der Waals surface area contributed by atoms with E-state index in [1.54, 1.807) is 0 Å². The number of aryl methyl sites for hydroxylation is 2. The number of fused-ring (bicyclic) bond motifs is 1. The van der Waals surface area contributed by atoms with Crippen LogP contribution in [0.5, 0.6) is 0 Å². The number of nitrogens with one attached hydrogen (secondary N) is 2. The summed E-state index contributed by atoms with van der Waals surface area (Å²) in [6, 6.07) is 0.140. The van der Waals surface area contributed by atoms with E-state index in [2.05, 4.69) is 25.7 Å². The summed E-state index contributed by atoms with van der Waals surface area (Å²) in [5.41, 5.74) is 7.86. The van der Waals surface area contributed by atoms with Gasteiger partial charge in [-0.3, -0.25) is 9.59 Å². The second-order valence-electron chi connectivity index (χ2n) is 6.10. The molecular formula is C16H25N7O2. The number of amides is 2. The Morgan fingerprint density at radius 1 is 1.24 bits per heavy atom. The molecule has 4 N–H and O–H groups in total. The molecule has 2 amide bonds. The zero-order valence-corrected chi connectivity index (χ0v) is 15.1. The van der Waals surface area contributed by atoms with E-state index in [-0.39, 0.29) is 36.6 Å². The molecule has 2 aromatic rings. The average molecular weight is 347 g/mol. The minimum atomic E-state index is -0.170. The van der Waals surface area contributed by atoms with Gasteiger partial charge in [-0.2, -0.15) is 9.50 Å². The van der Waals surface area contributed by atoms with Gasteiger partial charge in [-0.25, -0.2) is 4.98 Å². The Morgan fingerprint density at radius 3 is 2.64 bits per heavy atom. The molecule has 2 rings (SSSR count). The first-order valence-corrected chi connectivity index (χ1v) is 8.36. The molecule has 1 atom stereocenters. The summed E-state index contributed by atoms with van der Waals surface area (Å²) >= 11 is 0. The lowest BCUT2D eigenvalue weighted by molar-refractivity contribution is -0.122. The van der Waals surface area contributed by atoms with Crippen molar-refractivity contribution in [1.82, 2.24) is 30.2 Å². The fraction of sp³-hybridized carbons (Fsp3) is 0.562. The number of hydrogen-bond acceptors (Lipinski definition) is 6. The van der Waals surface area contributed by atoms with Crippen LogP contribution in [0.1, 0.15) is 43.6 Å². The summed E-state index contributed by atoms with van der Waals surface area (Å²) in [4.78, 5) is 32.2. The lowest BCUT2D eigenvalue weighted by Gasteiger charge is -2.12. The van der Waals surface area contributed by atoms with Crippen molar-refractivity contribution in [3.05, 3.63) is 17.0 Å². The van der Waals surface area contributed by atoms with E-state index in [4.69, 9.17) is 5.73 Å². The quantitative estimate of drug-likeness (QED) is 0.660. The third kappa shape index (κ3) is 4.65. The Kier molecular flexibility index (Phi) is 5.89. The van der Waals surface area contributed by atoms with E-state index in [1.807, 2.05) is 27.7 Å². The van der Waals surface area contributed by atoms with Crippen LogP contribution in [0.15, 0.2) is 0 Å². The number of carbonyl (C=O) groups excluding carboxylic acids is 2. The summed E-state index contributed by atoms with van der Waals surface area (Å²) in [6.07, 6.45) is 1.29. The molecule has 0 aromatic carbocycles. The van der Waals surface area contributed by atoms with Gasteiger partial charge in [-0.1, -0.05) is 6.92 Å². The Balaban J connectivity index is 1.94. The minimum absolute atomic E-state index is 0.0665. The molecular weight excluding hydrogens is 322 g/mol. The maximum Gasteiger partial charge on any atom is 0.254 e. The SMILES string of the molecule is CCC(C)NC(=O)CCNC(=O)Cc1c(C)nc2nc(N)nn2c1C. The summed E-state index contributed by atoms with van der Waals surface area (Å²) < 4.78 is 1.53. The van der Waals surface area contributed by atoms with Gasteiger partial charge in [0.05, 0.1) is 6.42 Å². The van der Waals surface area contributed by atoms with Crippen LogP contribution in [0, 0.1) is 13.8 Å². The summed E-state index contributed by atoms with van der Waals surface area (Å²) in [6.45, 7) is 7.91. The number of nitrogens with zero attached hydrogens (tertiary/aromatic N) is 4. The number of aromatic nitrogens is 4. The van der Waals surface area contributed by atoms with E-state index in [1.165, 1.54) is 4.52 Å². The zero-order chi connectivity index (χ0) is 18.6. The van der Waals surface area contributed by atoms with Crippen LogP contribution in [0.3, 0.4) is 0 Å². The van der Waals surface area contributed by atoms with Gasteiger partial charge >= 0.3 is 0 Å². The van der Waals surface area contributed by atoms with E-state index in [0.717, 1.165) is 17.7 Å². The molecule has 0 saturated heterocycles. The highest BCUT2D eigenvalue weighted by Crippen LogP contribution is 2.14. The molecule has 0 bridgehead atoms. The third-order valence-electron chi connectivity index (χ3n) is 4.10. The number of nitrogen functional groups attached to an aromatic ring is 1. The van der Waals surface area contributed by atoms with Gasteiger partial charge in [0.25, 0.3) is 5.78 Å². The molecule has 0 aliphatic rings. The smallest absolute Gasteiger partial charge is 0.254 e. The molecule has 9 nitrogen and oxygen atoms in total. The van der Waals surface area contributed by atoms with E-state index in [0.29, 0.717) is 18.0 Å². The molecule has 0 fully saturated rings. The molecule has 25 heavy (non-hydrogen) atoms. The first-order chi connectivity index (χ1) is 11.8. The summed E-state index contributed by atoms with van der Waals surface area (Å²) in [7, 11) is 0. The first kappa shape index (κ1) is 18.6. The topological polar surface area (TPSA) is 127 Å². The summed E-state index contributed by atoms with van der Waals surface area (Å²) in [5.74, 6) is 0.322. The average Bonchev–Trinajstić information content (AvgIpc) is 2.91. The molecule has 136 valence electrons. The lowest BCUT2D eigenvalue weighted by Crippen LogP contribution is -2.35. The third-order valence-corrected chi connectivity index (χ3v) is 4.10. The van der Waals surface area contributed by atoms with E-state index >= 15 is 0 Å². The van der Waals surface area contributed by atoms with E-state index < -0.39 is 0 Å². The fourth-order valence-electron chi connectivity index (χ4n) is 2.47. The number of rotatable bonds is 7. The highest BCUT2D eigenvalue weighted by Gasteiger charge is 2.15. The van der Waals surface area contributed by atoms with Crippen LogP contribution in [0.4, 0.5) is 5.95 Å². The number of hydrogen-bond donors (Lipinski definition) is 3. The maximum absolute atomic E-state index is 12.2. The van der Waals surface area contributed by atoms with Gasteiger partial charge < -0.3 is 16.4 Å². The highest BCUT2D eigenvalue weighted by atomic mass is 16.2. The van der Waals surface area contributed by atoms with Gasteiger partial charge in [0.15, 0.2) is 0 Å². The van der Waals surface area contributed by atoms with Crippen LogP contribution in [0.2, 0.25) is 0 Å². The predicted octanol–water partition coefficient (Wildman–Crippen LogP) is 0.287. The normalized spacial score (nSPS) is 12.2. The van der Waals surface area contributed by atoms with Crippen LogP contribution in [0.25, 0.3) is 5.78 Å². The minimum Gasteiger partial charge on any atom is -0.366 e. The first-order valence-electron chi connectivity index (χ1n) is 8.36. The standard InChI is InChI=1S/C16H25N7O2/c1-5-9(2)19-13(24)6-7-18-14(25)8-12-10(3)20-16-21-15(17)22-23(16)11(12)4/h9H,5-8H2,1-4H3,(H2,17,22)(H,18,25)(H,19,24). The Morgan fingerprint density at radius 2 is 1.96 bits per heavy atom. The van der Waals surface area contributed by atoms with Crippen LogP contribution >= 0.6 is 0 Å². The zero-order valence-electron chi connectivity index (χ0n) is 15.1. The fourth-order valence-corrected chi connectivity index (χ4v) is 2.47. The van der Waals surface area contributed by atoms with Crippen molar-refractivity contribution in [2.45, 2.75) is 53.0 Å². The second-order valence-corrected chi connectivity index (χ2v) is 6.10. The molecule has 2 heterocycles. The van der Waals surface area contributed by atoms with Gasteiger partial charge in [0.2, 0.25) is 17.8 Å². The number of nitrogens with two attached hydrogens (primary N) is 1. The van der Waals surface area contributed by atoms with Crippen molar-refractivity contribution in [3.8, 4) is 0 Å². The summed E-state index contributed by atoms with van der Waals surface area (Å²) in [5, 5.41) is 9.71. The predicted molar refractivity (Wildman–Crippen MR) is 93.9 cm³/mol. The van der Waals surface area contributed by atoms with Crippen LogP contribution in [-0.4, -0.2) is 44.0 Å². The highest BCUT2D eigenvalue weighted by molar-refractivity contribution is 5.81. The molecule has 0 radical (unpaired) electrons. The molecule has 0 spiro atoms. The largest absolute Gasteiger partial charge is 0.366 e. The van der Waals surface area contributed by atoms with Crippen LogP contribution < -0.4 is 16.4 Å². The number of carbonyl (C=O) groups is 2. The van der Waals surface area contributed by atoms with Crippen molar-refractivity contribution >= 4 is 23.5 Å². The van der Waals surface area contributed by atoms with Gasteiger partial charge in [0.1, 0.15) is 0 Å². The van der Waals surface area contributed by atoms with Crippen LogP contribution in [-0.2, 0) is 16.0 Å². The molecule has 9 heteroatoms. The van der Waals surface area contributed by atoms with Crippen molar-refractivity contribution in [2.24, 2.45) is 0 Å². The Labute approximate surface area is 146 Å². The molecule has 0 saturated carbocycles. The maximum atomic E-state index is 12.2. The van der Waals surface area contributed by atoms with E-state index in [9.17, 15) is 9.59 Å². The van der Waals surface area contributed by atoms with Gasteiger partial charge in [0, 0.05) is 36.0 Å². The Bertz CT molecular complexity index is 784. The van der Waals surface area contributed by atoms with Crippen molar-refractivity contribution in [2.75, 3.05) is 12.3 Å². The monoisotopic (exact) mass is 347 g/mol. The Hall–Kier alpha value is -2.71. The molecule has 0 aliphatic heterocycles. The lowest BCUT2D eigenvalue weighted by atomic mass is 10.1. The van der Waals surface area contributed by atoms with Crippen molar-refractivity contribution in [1.29, 1.82) is 0 Å².